The first kappa shape index (κ1) is 19.4. The highest BCUT2D eigenvalue weighted by molar-refractivity contribution is 5.97. The van der Waals surface area contributed by atoms with Crippen molar-refractivity contribution >= 4 is 11.8 Å². The van der Waals surface area contributed by atoms with Crippen molar-refractivity contribution in [1.82, 2.24) is 10.2 Å². The van der Waals surface area contributed by atoms with Gasteiger partial charge >= 0.3 is 6.61 Å². The minimum atomic E-state index is -2.99. The van der Waals surface area contributed by atoms with Crippen molar-refractivity contribution < 1.29 is 27.8 Å². The van der Waals surface area contributed by atoms with Crippen LogP contribution in [0, 0.1) is 5.92 Å². The SMILES string of the molecule is COc1cc(C(=O)NCC(=O)N2CCC3CCCCC32)ccc1OC(F)F. The van der Waals surface area contributed by atoms with Crippen molar-refractivity contribution in [2.45, 2.75) is 44.8 Å². The predicted octanol–water partition coefficient (Wildman–Crippen LogP) is 2.82. The molecular weight excluding hydrogens is 358 g/mol. The molecule has 2 amide bonds. The number of benzene rings is 1. The number of hydrogen-bond donors (Lipinski definition) is 1. The Labute approximate surface area is 156 Å². The van der Waals surface area contributed by atoms with Crippen LogP contribution in [0.5, 0.6) is 11.5 Å². The Morgan fingerprint density at radius 1 is 1.22 bits per heavy atom. The normalized spacial score (nSPS) is 21.7. The summed E-state index contributed by atoms with van der Waals surface area (Å²) in [4.78, 5) is 26.7. The smallest absolute Gasteiger partial charge is 0.387 e. The lowest BCUT2D eigenvalue weighted by atomic mass is 9.85. The maximum Gasteiger partial charge on any atom is 0.387 e. The van der Waals surface area contributed by atoms with Crippen LogP contribution in [0.3, 0.4) is 0 Å². The number of rotatable bonds is 6. The van der Waals surface area contributed by atoms with Crippen molar-refractivity contribution in [3.8, 4) is 11.5 Å². The zero-order valence-corrected chi connectivity index (χ0v) is 15.2. The largest absolute Gasteiger partial charge is 0.493 e. The lowest BCUT2D eigenvalue weighted by molar-refractivity contribution is -0.131. The fraction of sp³-hybridized carbons (Fsp3) is 0.579. The third-order valence-electron chi connectivity index (χ3n) is 5.37. The maximum atomic E-state index is 12.5. The topological polar surface area (TPSA) is 67.9 Å². The maximum absolute atomic E-state index is 12.5. The van der Waals surface area contributed by atoms with E-state index in [9.17, 15) is 18.4 Å². The Bertz CT molecular complexity index is 698. The lowest BCUT2D eigenvalue weighted by Crippen LogP contribution is -2.44. The molecule has 0 radical (unpaired) electrons. The molecule has 0 aromatic heterocycles. The molecule has 1 N–H and O–H groups in total. The molecule has 2 atom stereocenters. The standard InChI is InChI=1S/C19H24F2N2O4/c1-26-16-10-13(6-7-15(16)27-19(20)21)18(25)22-11-17(24)23-9-8-12-4-2-3-5-14(12)23/h6-7,10,12,14,19H,2-5,8-9,11H2,1H3,(H,22,25). The van der Waals surface area contributed by atoms with E-state index in [1.54, 1.807) is 0 Å². The molecule has 0 spiro atoms. The van der Waals surface area contributed by atoms with Gasteiger partial charge in [-0.3, -0.25) is 9.59 Å². The summed E-state index contributed by atoms with van der Waals surface area (Å²) in [5.74, 6) is -0.0866. The molecule has 1 aromatic rings. The highest BCUT2D eigenvalue weighted by Crippen LogP contribution is 2.36. The molecule has 1 heterocycles. The number of ether oxygens (including phenoxy) is 2. The van der Waals surface area contributed by atoms with Gasteiger partial charge in [-0.25, -0.2) is 0 Å². The molecule has 1 saturated carbocycles. The van der Waals surface area contributed by atoms with Gasteiger partial charge in [-0.15, -0.1) is 0 Å². The molecular formula is C19H24F2N2O4. The number of halogens is 2. The number of hydrogen-bond acceptors (Lipinski definition) is 4. The van der Waals surface area contributed by atoms with Gasteiger partial charge in [0, 0.05) is 18.2 Å². The minimum absolute atomic E-state index is 0.0267. The monoisotopic (exact) mass is 382 g/mol. The van der Waals surface area contributed by atoms with E-state index in [0.29, 0.717) is 12.0 Å². The van der Waals surface area contributed by atoms with Crippen molar-refractivity contribution in [2.24, 2.45) is 5.92 Å². The number of nitrogens with one attached hydrogen (secondary N) is 1. The van der Waals surface area contributed by atoms with Gasteiger partial charge in [0.1, 0.15) is 0 Å². The van der Waals surface area contributed by atoms with E-state index in [1.165, 1.54) is 38.2 Å². The van der Waals surface area contributed by atoms with E-state index in [1.807, 2.05) is 4.90 Å². The second kappa shape index (κ2) is 8.54. The molecule has 1 aliphatic heterocycles. The van der Waals surface area contributed by atoms with Crippen molar-refractivity contribution in [1.29, 1.82) is 0 Å². The molecule has 27 heavy (non-hydrogen) atoms. The van der Waals surface area contributed by atoms with Crippen LogP contribution in [0.1, 0.15) is 42.5 Å². The average molecular weight is 382 g/mol. The summed E-state index contributed by atoms with van der Waals surface area (Å²) >= 11 is 0. The minimum Gasteiger partial charge on any atom is -0.493 e. The first-order chi connectivity index (χ1) is 13.0. The molecule has 3 rings (SSSR count). The van der Waals surface area contributed by atoms with E-state index >= 15 is 0 Å². The van der Waals surface area contributed by atoms with Crippen LogP contribution in [0.2, 0.25) is 0 Å². The number of methoxy groups -OCH3 is 1. The molecule has 2 unspecified atom stereocenters. The Balaban J connectivity index is 1.58. The van der Waals surface area contributed by atoms with Crippen LogP contribution >= 0.6 is 0 Å². The fourth-order valence-electron chi connectivity index (χ4n) is 4.08. The third kappa shape index (κ3) is 4.48. The Hall–Kier alpha value is -2.38. The van der Waals surface area contributed by atoms with Gasteiger partial charge in [-0.1, -0.05) is 12.8 Å². The zero-order valence-electron chi connectivity index (χ0n) is 15.2. The van der Waals surface area contributed by atoms with Crippen LogP contribution < -0.4 is 14.8 Å². The van der Waals surface area contributed by atoms with Crippen LogP contribution in [0.15, 0.2) is 18.2 Å². The van der Waals surface area contributed by atoms with Gasteiger partial charge in [0.15, 0.2) is 11.5 Å². The quantitative estimate of drug-likeness (QED) is 0.822. The predicted molar refractivity (Wildman–Crippen MR) is 94.0 cm³/mol. The highest BCUT2D eigenvalue weighted by atomic mass is 19.3. The third-order valence-corrected chi connectivity index (χ3v) is 5.37. The summed E-state index contributed by atoms with van der Waals surface area (Å²) in [6, 6.07) is 4.21. The van der Waals surface area contributed by atoms with Gasteiger partial charge in [0.25, 0.3) is 5.91 Å². The Morgan fingerprint density at radius 3 is 2.74 bits per heavy atom. The summed E-state index contributed by atoms with van der Waals surface area (Å²) in [6.07, 6.45) is 5.62. The van der Waals surface area contributed by atoms with Gasteiger partial charge in [0.05, 0.1) is 13.7 Å². The van der Waals surface area contributed by atoms with Crippen molar-refractivity contribution in [3.05, 3.63) is 23.8 Å². The van der Waals surface area contributed by atoms with Crippen LogP contribution in [0.4, 0.5) is 8.78 Å². The average Bonchev–Trinajstić information content (AvgIpc) is 3.10. The van der Waals surface area contributed by atoms with Gasteiger partial charge in [-0.2, -0.15) is 8.78 Å². The second-order valence-electron chi connectivity index (χ2n) is 6.91. The molecule has 6 nitrogen and oxygen atoms in total. The van der Waals surface area contributed by atoms with E-state index in [0.717, 1.165) is 25.8 Å². The summed E-state index contributed by atoms with van der Waals surface area (Å²) in [7, 11) is 1.30. The fourth-order valence-corrected chi connectivity index (χ4v) is 4.08. The Morgan fingerprint density at radius 2 is 2.00 bits per heavy atom. The number of fused-ring (bicyclic) bond motifs is 1. The van der Waals surface area contributed by atoms with Crippen LogP contribution in [0.25, 0.3) is 0 Å². The van der Waals surface area contributed by atoms with Gasteiger partial charge < -0.3 is 19.7 Å². The molecule has 1 saturated heterocycles. The molecule has 148 valence electrons. The number of alkyl halides is 2. The van der Waals surface area contributed by atoms with Crippen LogP contribution in [-0.2, 0) is 4.79 Å². The number of amides is 2. The first-order valence-corrected chi connectivity index (χ1v) is 9.20. The summed E-state index contributed by atoms with van der Waals surface area (Å²) < 4.78 is 34.1. The Kier molecular flexibility index (Phi) is 6.13. The van der Waals surface area contributed by atoms with Crippen molar-refractivity contribution in [3.63, 3.8) is 0 Å². The molecule has 0 bridgehead atoms. The van der Waals surface area contributed by atoms with Gasteiger partial charge in [-0.05, 0) is 43.4 Å². The highest BCUT2D eigenvalue weighted by Gasteiger charge is 2.37. The lowest BCUT2D eigenvalue weighted by Gasteiger charge is -2.31. The van der Waals surface area contributed by atoms with Crippen LogP contribution in [-0.4, -0.2) is 49.6 Å². The summed E-state index contributed by atoms with van der Waals surface area (Å²) in [5, 5.41) is 2.61. The molecule has 2 aliphatic rings. The van der Waals surface area contributed by atoms with Crippen molar-refractivity contribution in [2.75, 3.05) is 20.2 Å². The second-order valence-corrected chi connectivity index (χ2v) is 6.91. The molecule has 1 aromatic carbocycles. The molecule has 8 heteroatoms. The first-order valence-electron chi connectivity index (χ1n) is 9.20. The zero-order chi connectivity index (χ0) is 19.4. The number of likely N-dealkylation sites (tertiary alicyclic amines) is 1. The molecule has 1 aliphatic carbocycles. The summed E-state index contributed by atoms with van der Waals surface area (Å²) in [6.45, 7) is -2.32. The number of carbonyl (C=O) groups excluding carboxylic acids is 2. The summed E-state index contributed by atoms with van der Waals surface area (Å²) in [5.41, 5.74) is 0.207. The van der Waals surface area contributed by atoms with Gasteiger partial charge in [0.2, 0.25) is 5.91 Å². The number of nitrogens with zero attached hydrogens (tertiary/aromatic N) is 1. The van der Waals surface area contributed by atoms with E-state index in [2.05, 4.69) is 10.1 Å². The number of carbonyl (C=O) groups is 2. The van der Waals surface area contributed by atoms with E-state index in [4.69, 9.17) is 4.74 Å². The molecule has 2 fully saturated rings. The van der Waals surface area contributed by atoms with E-state index < -0.39 is 12.5 Å². The van der Waals surface area contributed by atoms with E-state index in [-0.39, 0.29) is 29.5 Å².